The van der Waals surface area contributed by atoms with Gasteiger partial charge in [0.05, 0.1) is 23.9 Å². The Morgan fingerprint density at radius 3 is 1.78 bits per heavy atom. The Kier molecular flexibility index (Phi) is 7.37. The summed E-state index contributed by atoms with van der Waals surface area (Å²) in [6, 6.07) is 0. The highest BCUT2D eigenvalue weighted by molar-refractivity contribution is 4.59. The number of hydrogen-bond donors (Lipinski definition) is 0. The van der Waals surface area contributed by atoms with Gasteiger partial charge in [0.15, 0.2) is 0 Å². The molecular formula is C14H30O4. The molecule has 0 bridgehead atoms. The van der Waals surface area contributed by atoms with Crippen molar-refractivity contribution < 1.29 is 19.6 Å². The first-order valence-electron chi connectivity index (χ1n) is 6.65. The molecule has 110 valence electrons. The molecule has 4 heteroatoms. The highest BCUT2D eigenvalue weighted by Crippen LogP contribution is 2.15. The molecule has 0 radical (unpaired) electrons. The van der Waals surface area contributed by atoms with E-state index in [0.717, 1.165) is 6.42 Å². The van der Waals surface area contributed by atoms with Crippen molar-refractivity contribution in [1.29, 1.82) is 0 Å². The van der Waals surface area contributed by atoms with Crippen molar-refractivity contribution in [2.24, 2.45) is 5.92 Å². The molecule has 0 aliphatic rings. The summed E-state index contributed by atoms with van der Waals surface area (Å²) < 4.78 is 0. The summed E-state index contributed by atoms with van der Waals surface area (Å²) in [7, 11) is 0. The third-order valence-corrected chi connectivity index (χ3v) is 1.86. The summed E-state index contributed by atoms with van der Waals surface area (Å²) in [5, 5.41) is 0. The van der Waals surface area contributed by atoms with Gasteiger partial charge in [-0.2, -0.15) is 0 Å². The summed E-state index contributed by atoms with van der Waals surface area (Å²) in [6.07, 6.45) is 0.904. The lowest BCUT2D eigenvalue weighted by molar-refractivity contribution is -0.376. The van der Waals surface area contributed by atoms with E-state index in [-0.39, 0.29) is 17.3 Å². The second-order valence-corrected chi connectivity index (χ2v) is 6.92. The summed E-state index contributed by atoms with van der Waals surface area (Å²) in [5.41, 5.74) is -0.541. The topological polar surface area (TPSA) is 36.9 Å². The van der Waals surface area contributed by atoms with Crippen LogP contribution in [0.4, 0.5) is 0 Å². The van der Waals surface area contributed by atoms with Gasteiger partial charge in [0, 0.05) is 0 Å². The number of rotatable bonds is 7. The smallest absolute Gasteiger partial charge is 0.0952 e. The van der Waals surface area contributed by atoms with E-state index in [2.05, 4.69) is 6.92 Å². The van der Waals surface area contributed by atoms with Gasteiger partial charge in [-0.3, -0.25) is 0 Å². The van der Waals surface area contributed by atoms with Crippen LogP contribution in [0.25, 0.3) is 0 Å². The average Bonchev–Trinajstić information content (AvgIpc) is 2.11. The van der Waals surface area contributed by atoms with Gasteiger partial charge < -0.3 is 0 Å². The van der Waals surface area contributed by atoms with Crippen LogP contribution in [0.15, 0.2) is 0 Å². The van der Waals surface area contributed by atoms with Crippen molar-refractivity contribution >= 4 is 0 Å². The molecule has 0 spiro atoms. The van der Waals surface area contributed by atoms with E-state index in [0.29, 0.717) is 12.5 Å². The van der Waals surface area contributed by atoms with E-state index in [1.807, 2.05) is 48.5 Å². The molecule has 0 aromatic heterocycles. The van der Waals surface area contributed by atoms with Crippen LogP contribution in [0, 0.1) is 5.92 Å². The van der Waals surface area contributed by atoms with E-state index in [1.165, 1.54) is 0 Å². The van der Waals surface area contributed by atoms with Crippen molar-refractivity contribution in [3.05, 3.63) is 0 Å². The molecule has 0 saturated carbocycles. The molecule has 2 atom stereocenters. The van der Waals surface area contributed by atoms with Crippen molar-refractivity contribution in [3.63, 3.8) is 0 Å². The Balaban J connectivity index is 3.71. The average molecular weight is 262 g/mol. The monoisotopic (exact) mass is 262 g/mol. The van der Waals surface area contributed by atoms with Gasteiger partial charge in [-0.15, -0.1) is 0 Å². The molecular weight excluding hydrogens is 232 g/mol. The largest absolute Gasteiger partial charge is 0.236 e. The Morgan fingerprint density at radius 2 is 1.33 bits per heavy atom. The predicted octanol–water partition coefficient (Wildman–Crippen LogP) is 3.89. The van der Waals surface area contributed by atoms with E-state index < -0.39 is 0 Å². The SMILES string of the molecule is CC(COOC(C)(C)C)CC(C)OOC(C)(C)C. The molecule has 0 aliphatic carbocycles. The first-order chi connectivity index (χ1) is 7.99. The predicted molar refractivity (Wildman–Crippen MR) is 72.0 cm³/mol. The van der Waals surface area contributed by atoms with Crippen LogP contribution in [0.3, 0.4) is 0 Å². The standard InChI is InChI=1S/C14H30O4/c1-11(10-15-17-13(3,4)5)9-12(2)16-18-14(6,7)8/h11-12H,9-10H2,1-8H3. The Labute approximate surface area is 112 Å². The summed E-state index contributed by atoms with van der Waals surface area (Å²) in [6.45, 7) is 16.4. The molecule has 18 heavy (non-hydrogen) atoms. The molecule has 0 aromatic carbocycles. The Hall–Kier alpha value is -0.160. The molecule has 0 aliphatic heterocycles. The third kappa shape index (κ3) is 12.3. The molecule has 0 N–H and O–H groups in total. The van der Waals surface area contributed by atoms with Gasteiger partial charge in [-0.1, -0.05) is 6.92 Å². The maximum atomic E-state index is 5.33. The van der Waals surface area contributed by atoms with Crippen LogP contribution in [-0.2, 0) is 19.6 Å². The van der Waals surface area contributed by atoms with E-state index >= 15 is 0 Å². The van der Waals surface area contributed by atoms with Crippen LogP contribution in [-0.4, -0.2) is 23.9 Å². The van der Waals surface area contributed by atoms with Crippen molar-refractivity contribution in [3.8, 4) is 0 Å². The minimum Gasteiger partial charge on any atom is -0.236 e. The van der Waals surface area contributed by atoms with E-state index in [4.69, 9.17) is 19.6 Å². The maximum absolute atomic E-state index is 5.33. The van der Waals surface area contributed by atoms with Gasteiger partial charge >= 0.3 is 0 Å². The zero-order valence-corrected chi connectivity index (χ0v) is 13.2. The van der Waals surface area contributed by atoms with Crippen molar-refractivity contribution in [2.45, 2.75) is 79.1 Å². The van der Waals surface area contributed by atoms with Crippen LogP contribution >= 0.6 is 0 Å². The second kappa shape index (κ2) is 7.43. The summed E-state index contributed by atoms with van der Waals surface area (Å²) in [4.78, 5) is 21.0. The fourth-order valence-corrected chi connectivity index (χ4v) is 1.23. The number of hydrogen-bond acceptors (Lipinski definition) is 4. The van der Waals surface area contributed by atoms with E-state index in [9.17, 15) is 0 Å². The van der Waals surface area contributed by atoms with Crippen LogP contribution in [0.2, 0.25) is 0 Å². The maximum Gasteiger partial charge on any atom is 0.0952 e. The second-order valence-electron chi connectivity index (χ2n) is 6.92. The van der Waals surface area contributed by atoms with Crippen LogP contribution < -0.4 is 0 Å². The molecule has 4 nitrogen and oxygen atoms in total. The normalized spacial score (nSPS) is 16.7. The lowest BCUT2D eigenvalue weighted by atomic mass is 10.1. The zero-order chi connectivity index (χ0) is 14.4. The minimum absolute atomic E-state index is 0.0393. The van der Waals surface area contributed by atoms with Crippen LogP contribution in [0.5, 0.6) is 0 Å². The third-order valence-electron chi connectivity index (χ3n) is 1.86. The van der Waals surface area contributed by atoms with Gasteiger partial charge in [0.1, 0.15) is 0 Å². The van der Waals surface area contributed by atoms with Crippen molar-refractivity contribution in [1.82, 2.24) is 0 Å². The first-order valence-corrected chi connectivity index (χ1v) is 6.65. The summed E-state index contributed by atoms with van der Waals surface area (Å²) >= 11 is 0. The molecule has 0 amide bonds. The van der Waals surface area contributed by atoms with Gasteiger partial charge in [-0.25, -0.2) is 19.6 Å². The molecule has 2 unspecified atom stereocenters. The fourth-order valence-electron chi connectivity index (χ4n) is 1.23. The zero-order valence-electron chi connectivity index (χ0n) is 13.2. The van der Waals surface area contributed by atoms with E-state index in [1.54, 1.807) is 0 Å². The summed E-state index contributed by atoms with van der Waals surface area (Å²) in [5.74, 6) is 0.353. The highest BCUT2D eigenvalue weighted by atomic mass is 17.2. The van der Waals surface area contributed by atoms with Crippen molar-refractivity contribution in [2.75, 3.05) is 6.61 Å². The molecule has 0 heterocycles. The van der Waals surface area contributed by atoms with Crippen LogP contribution in [0.1, 0.15) is 61.8 Å². The fraction of sp³-hybridized carbons (Fsp3) is 1.00. The first kappa shape index (κ1) is 17.8. The molecule has 0 fully saturated rings. The quantitative estimate of drug-likeness (QED) is 0.515. The Morgan fingerprint density at radius 1 is 0.833 bits per heavy atom. The van der Waals surface area contributed by atoms with Gasteiger partial charge in [-0.05, 0) is 60.8 Å². The minimum atomic E-state index is -0.274. The van der Waals surface area contributed by atoms with Gasteiger partial charge in [0.2, 0.25) is 0 Å². The molecule has 0 rings (SSSR count). The lowest BCUT2D eigenvalue weighted by Crippen LogP contribution is -2.25. The van der Waals surface area contributed by atoms with Gasteiger partial charge in [0.25, 0.3) is 0 Å². The molecule has 0 aromatic rings. The molecule has 0 saturated heterocycles. The highest BCUT2D eigenvalue weighted by Gasteiger charge is 2.17. The Bertz CT molecular complexity index is 215. The lowest BCUT2D eigenvalue weighted by Gasteiger charge is -2.23.